The third-order valence-electron chi connectivity index (χ3n) is 3.34. The average Bonchev–Trinajstić information content (AvgIpc) is 2.65. The van der Waals surface area contributed by atoms with E-state index in [0.29, 0.717) is 11.4 Å². The SMILES string of the molecule is COc1cccc(C(=O)OCC(=O)Nc2ccccc2SC)c1OC. The lowest BCUT2D eigenvalue weighted by Gasteiger charge is -2.12. The molecule has 1 N–H and O–H groups in total. The first-order chi connectivity index (χ1) is 12.1. The van der Waals surface area contributed by atoms with E-state index in [9.17, 15) is 9.59 Å². The minimum atomic E-state index is -0.663. The molecule has 0 aliphatic carbocycles. The van der Waals surface area contributed by atoms with Crippen molar-refractivity contribution in [1.82, 2.24) is 0 Å². The monoisotopic (exact) mass is 361 g/mol. The summed E-state index contributed by atoms with van der Waals surface area (Å²) in [5.41, 5.74) is 0.870. The van der Waals surface area contributed by atoms with Crippen LogP contribution >= 0.6 is 11.8 Å². The van der Waals surface area contributed by atoms with Crippen LogP contribution in [-0.2, 0) is 9.53 Å². The summed E-state index contributed by atoms with van der Waals surface area (Å²) in [6, 6.07) is 12.3. The zero-order valence-electron chi connectivity index (χ0n) is 14.2. The maximum atomic E-state index is 12.2. The van der Waals surface area contributed by atoms with Crippen LogP contribution in [0, 0.1) is 0 Å². The number of esters is 1. The Bertz CT molecular complexity index is 763. The highest BCUT2D eigenvalue weighted by atomic mass is 32.2. The third-order valence-corrected chi connectivity index (χ3v) is 4.13. The molecule has 0 bridgehead atoms. The number of methoxy groups -OCH3 is 2. The highest BCUT2D eigenvalue weighted by Crippen LogP contribution is 2.31. The second kappa shape index (κ2) is 8.98. The van der Waals surface area contributed by atoms with E-state index in [1.807, 2.05) is 24.5 Å². The first-order valence-corrected chi connectivity index (χ1v) is 8.64. The number of hydrogen-bond donors (Lipinski definition) is 1. The Morgan fingerprint density at radius 2 is 1.80 bits per heavy atom. The first-order valence-electron chi connectivity index (χ1n) is 7.41. The summed E-state index contributed by atoms with van der Waals surface area (Å²) < 4.78 is 15.4. The molecule has 0 saturated carbocycles. The van der Waals surface area contributed by atoms with Crippen LogP contribution < -0.4 is 14.8 Å². The number of carbonyl (C=O) groups excluding carboxylic acids is 2. The topological polar surface area (TPSA) is 73.9 Å². The summed E-state index contributed by atoms with van der Waals surface area (Å²) in [6.07, 6.45) is 1.92. The zero-order valence-corrected chi connectivity index (χ0v) is 15.0. The number of nitrogens with one attached hydrogen (secondary N) is 1. The molecule has 1 amide bonds. The van der Waals surface area contributed by atoms with Gasteiger partial charge in [-0.3, -0.25) is 4.79 Å². The van der Waals surface area contributed by atoms with Crippen LogP contribution in [-0.4, -0.2) is 39.0 Å². The Kier molecular flexibility index (Phi) is 6.71. The van der Waals surface area contributed by atoms with Gasteiger partial charge in [-0.05, 0) is 30.5 Å². The Labute approximate surface area is 150 Å². The molecular weight excluding hydrogens is 342 g/mol. The maximum absolute atomic E-state index is 12.2. The quantitative estimate of drug-likeness (QED) is 0.603. The van der Waals surface area contributed by atoms with Crippen molar-refractivity contribution in [3.63, 3.8) is 0 Å². The lowest BCUT2D eigenvalue weighted by Crippen LogP contribution is -2.21. The van der Waals surface area contributed by atoms with Gasteiger partial charge in [0.2, 0.25) is 0 Å². The Hall–Kier alpha value is -2.67. The van der Waals surface area contributed by atoms with Gasteiger partial charge in [0.1, 0.15) is 5.56 Å². The number of benzene rings is 2. The second-order valence-corrected chi connectivity index (χ2v) is 5.71. The molecule has 0 radical (unpaired) electrons. The van der Waals surface area contributed by atoms with Crippen LogP contribution in [0.5, 0.6) is 11.5 Å². The fourth-order valence-electron chi connectivity index (χ4n) is 2.19. The van der Waals surface area contributed by atoms with Crippen molar-refractivity contribution < 1.29 is 23.8 Å². The molecule has 0 atom stereocenters. The number of amides is 1. The molecule has 132 valence electrons. The van der Waals surface area contributed by atoms with Crippen LogP contribution in [0.2, 0.25) is 0 Å². The summed E-state index contributed by atoms with van der Waals surface area (Å²) in [7, 11) is 2.91. The highest BCUT2D eigenvalue weighted by Gasteiger charge is 2.18. The Morgan fingerprint density at radius 3 is 2.48 bits per heavy atom. The molecule has 0 fully saturated rings. The van der Waals surface area contributed by atoms with Gasteiger partial charge in [-0.15, -0.1) is 11.8 Å². The molecule has 2 aromatic carbocycles. The molecule has 2 aromatic rings. The molecule has 0 saturated heterocycles. The van der Waals surface area contributed by atoms with Crippen molar-refractivity contribution in [2.24, 2.45) is 0 Å². The van der Waals surface area contributed by atoms with Crippen molar-refractivity contribution in [1.29, 1.82) is 0 Å². The Morgan fingerprint density at radius 1 is 1.04 bits per heavy atom. The summed E-state index contributed by atoms with van der Waals surface area (Å²) >= 11 is 1.51. The van der Waals surface area contributed by atoms with Gasteiger partial charge in [-0.1, -0.05) is 18.2 Å². The molecule has 2 rings (SSSR count). The lowest BCUT2D eigenvalue weighted by molar-refractivity contribution is -0.119. The van der Waals surface area contributed by atoms with Gasteiger partial charge >= 0.3 is 5.97 Å². The van der Waals surface area contributed by atoms with Gasteiger partial charge in [0.05, 0.1) is 19.9 Å². The van der Waals surface area contributed by atoms with E-state index >= 15 is 0 Å². The number of hydrogen-bond acceptors (Lipinski definition) is 6. The maximum Gasteiger partial charge on any atom is 0.342 e. The molecule has 7 heteroatoms. The molecule has 0 spiro atoms. The summed E-state index contributed by atoms with van der Waals surface area (Å²) in [4.78, 5) is 25.2. The van der Waals surface area contributed by atoms with Crippen LogP contribution in [0.25, 0.3) is 0 Å². The number of ether oxygens (including phenoxy) is 3. The molecule has 0 aromatic heterocycles. The van der Waals surface area contributed by atoms with E-state index in [2.05, 4.69) is 5.32 Å². The molecule has 25 heavy (non-hydrogen) atoms. The van der Waals surface area contributed by atoms with Gasteiger partial charge in [0, 0.05) is 4.90 Å². The summed E-state index contributed by atoms with van der Waals surface area (Å²) in [5.74, 6) is -0.404. The Balaban J connectivity index is 2.01. The number of rotatable bonds is 7. The van der Waals surface area contributed by atoms with Crippen LogP contribution in [0.1, 0.15) is 10.4 Å². The minimum Gasteiger partial charge on any atom is -0.493 e. The minimum absolute atomic E-state index is 0.194. The normalized spacial score (nSPS) is 10.0. The van der Waals surface area contributed by atoms with Gasteiger partial charge in [-0.2, -0.15) is 0 Å². The first kappa shape index (κ1) is 18.7. The van der Waals surface area contributed by atoms with E-state index < -0.39 is 18.5 Å². The van der Waals surface area contributed by atoms with Crippen molar-refractivity contribution in [2.45, 2.75) is 4.90 Å². The van der Waals surface area contributed by atoms with Gasteiger partial charge < -0.3 is 19.5 Å². The fraction of sp³-hybridized carbons (Fsp3) is 0.222. The van der Waals surface area contributed by atoms with E-state index in [1.54, 1.807) is 24.3 Å². The molecule has 6 nitrogen and oxygen atoms in total. The van der Waals surface area contributed by atoms with Gasteiger partial charge in [-0.25, -0.2) is 4.79 Å². The molecule has 0 aliphatic rings. The van der Waals surface area contributed by atoms with Crippen molar-refractivity contribution in [3.8, 4) is 11.5 Å². The number of anilines is 1. The van der Waals surface area contributed by atoms with E-state index in [4.69, 9.17) is 14.2 Å². The van der Waals surface area contributed by atoms with E-state index in [0.717, 1.165) is 4.90 Å². The van der Waals surface area contributed by atoms with Crippen LogP contribution in [0.3, 0.4) is 0 Å². The fourth-order valence-corrected chi connectivity index (χ4v) is 2.74. The molecule has 0 heterocycles. The summed E-state index contributed by atoms with van der Waals surface area (Å²) in [5, 5.41) is 2.73. The predicted molar refractivity (Wildman–Crippen MR) is 96.7 cm³/mol. The van der Waals surface area contributed by atoms with Crippen molar-refractivity contribution in [2.75, 3.05) is 32.4 Å². The standard InChI is InChI=1S/C18H19NO5S/c1-22-14-9-6-7-12(17(14)23-2)18(21)24-11-16(20)19-13-8-4-5-10-15(13)25-3/h4-10H,11H2,1-3H3,(H,19,20). The van der Waals surface area contributed by atoms with Crippen molar-refractivity contribution in [3.05, 3.63) is 48.0 Å². The van der Waals surface area contributed by atoms with Gasteiger partial charge in [0.25, 0.3) is 5.91 Å². The lowest BCUT2D eigenvalue weighted by atomic mass is 10.2. The molecule has 0 aliphatic heterocycles. The van der Waals surface area contributed by atoms with E-state index in [1.165, 1.54) is 26.0 Å². The average molecular weight is 361 g/mol. The number of carbonyl (C=O) groups is 2. The van der Waals surface area contributed by atoms with Crippen LogP contribution in [0.4, 0.5) is 5.69 Å². The predicted octanol–water partition coefficient (Wildman–Crippen LogP) is 3.22. The third kappa shape index (κ3) is 4.67. The number of thioether (sulfide) groups is 1. The number of para-hydroxylation sites is 2. The van der Waals surface area contributed by atoms with Crippen LogP contribution in [0.15, 0.2) is 47.4 Å². The summed E-state index contributed by atoms with van der Waals surface area (Å²) in [6.45, 7) is -0.401. The van der Waals surface area contributed by atoms with E-state index in [-0.39, 0.29) is 11.3 Å². The molecular formula is C18H19NO5S. The largest absolute Gasteiger partial charge is 0.493 e. The smallest absolute Gasteiger partial charge is 0.342 e. The molecule has 0 unspecified atom stereocenters. The van der Waals surface area contributed by atoms with Gasteiger partial charge in [0.15, 0.2) is 18.1 Å². The zero-order chi connectivity index (χ0) is 18.2. The van der Waals surface area contributed by atoms with Crippen molar-refractivity contribution >= 4 is 29.3 Å². The highest BCUT2D eigenvalue weighted by molar-refractivity contribution is 7.98. The second-order valence-electron chi connectivity index (χ2n) is 4.87.